The van der Waals surface area contributed by atoms with E-state index in [0.717, 1.165) is 6.54 Å². The highest BCUT2D eigenvalue weighted by molar-refractivity contribution is 5.26. The van der Waals surface area contributed by atoms with Crippen molar-refractivity contribution in [2.24, 2.45) is 0 Å². The summed E-state index contributed by atoms with van der Waals surface area (Å²) >= 11 is 0. The summed E-state index contributed by atoms with van der Waals surface area (Å²) in [4.78, 5) is 0. The molecular formula is C12H19NO2. The zero-order valence-corrected chi connectivity index (χ0v) is 9.36. The van der Waals surface area contributed by atoms with Crippen molar-refractivity contribution in [2.75, 3.05) is 13.7 Å². The van der Waals surface area contributed by atoms with Crippen LogP contribution >= 0.6 is 0 Å². The van der Waals surface area contributed by atoms with E-state index in [-0.39, 0.29) is 6.10 Å². The van der Waals surface area contributed by atoms with Crippen LogP contribution in [0.15, 0.2) is 24.3 Å². The van der Waals surface area contributed by atoms with E-state index in [1.165, 1.54) is 11.1 Å². The summed E-state index contributed by atoms with van der Waals surface area (Å²) < 4.78 is 5.12. The van der Waals surface area contributed by atoms with E-state index >= 15 is 0 Å². The van der Waals surface area contributed by atoms with E-state index in [1.807, 2.05) is 12.1 Å². The van der Waals surface area contributed by atoms with E-state index in [9.17, 15) is 0 Å². The van der Waals surface area contributed by atoms with Gasteiger partial charge in [-0.15, -0.1) is 0 Å². The van der Waals surface area contributed by atoms with Crippen molar-refractivity contribution >= 4 is 0 Å². The normalized spacial score (nSPS) is 12.7. The summed E-state index contributed by atoms with van der Waals surface area (Å²) in [7, 11) is 1.69. The molecule has 0 aromatic heterocycles. The lowest BCUT2D eigenvalue weighted by atomic mass is 10.1. The third-order valence-electron chi connectivity index (χ3n) is 2.17. The van der Waals surface area contributed by atoms with Crippen molar-refractivity contribution in [2.45, 2.75) is 26.2 Å². The smallest absolute Gasteiger partial charge is 0.0716 e. The summed E-state index contributed by atoms with van der Waals surface area (Å²) in [6.45, 7) is 3.78. The average molecular weight is 209 g/mol. The lowest BCUT2D eigenvalue weighted by Gasteiger charge is -2.10. The average Bonchev–Trinajstić information content (AvgIpc) is 2.20. The van der Waals surface area contributed by atoms with Gasteiger partial charge in [0.2, 0.25) is 0 Å². The SMILES string of the molecule is COCc1ccccc1CNC[C@@H](C)O. The molecule has 0 heterocycles. The molecule has 0 radical (unpaired) electrons. The van der Waals surface area contributed by atoms with Crippen molar-refractivity contribution in [3.05, 3.63) is 35.4 Å². The molecule has 3 heteroatoms. The second-order valence-corrected chi connectivity index (χ2v) is 3.68. The fraction of sp³-hybridized carbons (Fsp3) is 0.500. The third-order valence-corrected chi connectivity index (χ3v) is 2.17. The van der Waals surface area contributed by atoms with E-state index in [2.05, 4.69) is 17.4 Å². The molecule has 1 aromatic carbocycles. The fourth-order valence-electron chi connectivity index (χ4n) is 1.44. The molecule has 1 aromatic rings. The minimum atomic E-state index is -0.306. The van der Waals surface area contributed by atoms with Crippen LogP contribution in [0.1, 0.15) is 18.1 Å². The third kappa shape index (κ3) is 4.42. The Labute approximate surface area is 91.1 Å². The molecule has 0 bridgehead atoms. The predicted octanol–water partition coefficient (Wildman–Crippen LogP) is 1.30. The van der Waals surface area contributed by atoms with Gasteiger partial charge in [-0.3, -0.25) is 0 Å². The van der Waals surface area contributed by atoms with Crippen LogP contribution in [0.4, 0.5) is 0 Å². The number of aliphatic hydroxyl groups excluding tert-OH is 1. The van der Waals surface area contributed by atoms with Gasteiger partial charge < -0.3 is 15.2 Å². The summed E-state index contributed by atoms with van der Waals surface area (Å²) in [5.41, 5.74) is 2.41. The number of aliphatic hydroxyl groups is 1. The number of rotatable bonds is 6. The number of hydrogen-bond acceptors (Lipinski definition) is 3. The van der Waals surface area contributed by atoms with Crippen LogP contribution in [0.5, 0.6) is 0 Å². The van der Waals surface area contributed by atoms with Gasteiger partial charge in [0.05, 0.1) is 12.7 Å². The van der Waals surface area contributed by atoms with Gasteiger partial charge in [0.1, 0.15) is 0 Å². The number of benzene rings is 1. The maximum Gasteiger partial charge on any atom is 0.0716 e. The quantitative estimate of drug-likeness (QED) is 0.742. The molecule has 0 unspecified atom stereocenters. The number of methoxy groups -OCH3 is 1. The maximum absolute atomic E-state index is 9.12. The van der Waals surface area contributed by atoms with Crippen LogP contribution in [0.2, 0.25) is 0 Å². The van der Waals surface area contributed by atoms with Crippen LogP contribution in [-0.2, 0) is 17.9 Å². The van der Waals surface area contributed by atoms with Crippen molar-refractivity contribution in [1.29, 1.82) is 0 Å². The van der Waals surface area contributed by atoms with Gasteiger partial charge in [-0.1, -0.05) is 24.3 Å². The first kappa shape index (κ1) is 12.2. The Kier molecular flexibility index (Phi) is 5.32. The Balaban J connectivity index is 2.51. The number of hydrogen-bond donors (Lipinski definition) is 2. The predicted molar refractivity (Wildman–Crippen MR) is 60.5 cm³/mol. The molecule has 0 aliphatic carbocycles. The van der Waals surface area contributed by atoms with Gasteiger partial charge in [-0.2, -0.15) is 0 Å². The standard InChI is InChI=1S/C12H19NO2/c1-10(14)7-13-8-11-5-3-4-6-12(11)9-15-2/h3-6,10,13-14H,7-9H2,1-2H3/t10-/m1/s1. The molecule has 15 heavy (non-hydrogen) atoms. The summed E-state index contributed by atoms with van der Waals surface area (Å²) in [5.74, 6) is 0. The van der Waals surface area contributed by atoms with E-state index < -0.39 is 0 Å². The van der Waals surface area contributed by atoms with Gasteiger partial charge in [-0.05, 0) is 18.1 Å². The van der Waals surface area contributed by atoms with Gasteiger partial charge in [0.25, 0.3) is 0 Å². The van der Waals surface area contributed by atoms with Crippen molar-refractivity contribution in [3.63, 3.8) is 0 Å². The fourth-order valence-corrected chi connectivity index (χ4v) is 1.44. The first-order chi connectivity index (χ1) is 7.24. The molecule has 0 spiro atoms. The van der Waals surface area contributed by atoms with Crippen molar-refractivity contribution in [1.82, 2.24) is 5.32 Å². The molecule has 0 saturated carbocycles. The first-order valence-corrected chi connectivity index (χ1v) is 5.18. The van der Waals surface area contributed by atoms with E-state index in [1.54, 1.807) is 14.0 Å². The first-order valence-electron chi connectivity index (χ1n) is 5.18. The Morgan fingerprint density at radius 3 is 2.60 bits per heavy atom. The van der Waals surface area contributed by atoms with Crippen molar-refractivity contribution in [3.8, 4) is 0 Å². The van der Waals surface area contributed by atoms with Crippen molar-refractivity contribution < 1.29 is 9.84 Å². The lowest BCUT2D eigenvalue weighted by Crippen LogP contribution is -2.24. The summed E-state index contributed by atoms with van der Waals surface area (Å²) in [6.07, 6.45) is -0.306. The highest BCUT2D eigenvalue weighted by atomic mass is 16.5. The van der Waals surface area contributed by atoms with Crippen LogP contribution < -0.4 is 5.32 Å². The Bertz CT molecular complexity index is 287. The molecule has 0 amide bonds. The van der Waals surface area contributed by atoms with Crippen LogP contribution in [0.3, 0.4) is 0 Å². The van der Waals surface area contributed by atoms with Gasteiger partial charge in [0.15, 0.2) is 0 Å². The molecule has 0 saturated heterocycles. The van der Waals surface area contributed by atoms with Crippen LogP contribution in [0.25, 0.3) is 0 Å². The lowest BCUT2D eigenvalue weighted by molar-refractivity contribution is 0.182. The van der Waals surface area contributed by atoms with Crippen LogP contribution in [0, 0.1) is 0 Å². The minimum absolute atomic E-state index is 0.306. The highest BCUT2D eigenvalue weighted by Crippen LogP contribution is 2.09. The topological polar surface area (TPSA) is 41.5 Å². The second kappa shape index (κ2) is 6.56. The zero-order valence-electron chi connectivity index (χ0n) is 9.36. The number of ether oxygens (including phenoxy) is 1. The van der Waals surface area contributed by atoms with E-state index in [4.69, 9.17) is 9.84 Å². The monoisotopic (exact) mass is 209 g/mol. The summed E-state index contributed by atoms with van der Waals surface area (Å²) in [6, 6.07) is 8.15. The zero-order chi connectivity index (χ0) is 11.1. The van der Waals surface area contributed by atoms with Gasteiger partial charge in [-0.25, -0.2) is 0 Å². The number of nitrogens with one attached hydrogen (secondary N) is 1. The largest absolute Gasteiger partial charge is 0.392 e. The molecule has 0 fully saturated rings. The molecule has 84 valence electrons. The molecule has 1 atom stereocenters. The van der Waals surface area contributed by atoms with Gasteiger partial charge in [0, 0.05) is 20.2 Å². The molecule has 3 nitrogen and oxygen atoms in total. The van der Waals surface area contributed by atoms with Gasteiger partial charge >= 0.3 is 0 Å². The second-order valence-electron chi connectivity index (χ2n) is 3.68. The Morgan fingerprint density at radius 2 is 2.00 bits per heavy atom. The molecule has 1 rings (SSSR count). The summed E-state index contributed by atoms with van der Waals surface area (Å²) in [5, 5.41) is 12.3. The molecule has 2 N–H and O–H groups in total. The highest BCUT2D eigenvalue weighted by Gasteiger charge is 2.01. The Hall–Kier alpha value is -0.900. The maximum atomic E-state index is 9.12. The molecular weight excluding hydrogens is 190 g/mol. The molecule has 0 aliphatic rings. The minimum Gasteiger partial charge on any atom is -0.392 e. The Morgan fingerprint density at radius 1 is 1.33 bits per heavy atom. The van der Waals surface area contributed by atoms with E-state index in [0.29, 0.717) is 13.2 Å². The molecule has 0 aliphatic heterocycles. The van der Waals surface area contributed by atoms with Crippen LogP contribution in [-0.4, -0.2) is 24.9 Å².